The summed E-state index contributed by atoms with van der Waals surface area (Å²) in [4.78, 5) is 22.6. The first kappa shape index (κ1) is 21.1. The lowest BCUT2D eigenvalue weighted by Crippen LogP contribution is -2.49. The maximum atomic E-state index is 13.6. The lowest BCUT2D eigenvalue weighted by atomic mass is 10.0. The second kappa shape index (κ2) is 8.98. The van der Waals surface area contributed by atoms with Gasteiger partial charge >= 0.3 is 0 Å². The lowest BCUT2D eigenvalue weighted by molar-refractivity contribution is 0.0748. The van der Waals surface area contributed by atoms with Crippen LogP contribution in [0.15, 0.2) is 71.1 Å². The van der Waals surface area contributed by atoms with Gasteiger partial charge in [0.05, 0.1) is 23.4 Å². The molecule has 6 nitrogen and oxygen atoms in total. The van der Waals surface area contributed by atoms with Gasteiger partial charge in [0.25, 0.3) is 5.91 Å². The lowest BCUT2D eigenvalue weighted by Gasteiger charge is -2.37. The number of nitrogens with zero attached hydrogens (tertiary/aromatic N) is 3. The van der Waals surface area contributed by atoms with Gasteiger partial charge in [-0.05, 0) is 50.2 Å². The number of carbonyl (C=O) groups excluding carboxylic acids is 1. The molecule has 1 fully saturated rings. The van der Waals surface area contributed by atoms with Crippen molar-refractivity contribution in [2.75, 3.05) is 37.7 Å². The van der Waals surface area contributed by atoms with Gasteiger partial charge in [-0.15, -0.1) is 0 Å². The van der Waals surface area contributed by atoms with E-state index in [1.807, 2.05) is 79.4 Å². The number of pyridine rings is 1. The van der Waals surface area contributed by atoms with E-state index in [2.05, 4.69) is 11.0 Å². The van der Waals surface area contributed by atoms with Gasteiger partial charge in [0, 0.05) is 31.6 Å². The van der Waals surface area contributed by atoms with Gasteiger partial charge in [-0.1, -0.05) is 30.3 Å². The molecule has 2 aromatic heterocycles. The van der Waals surface area contributed by atoms with Crippen molar-refractivity contribution in [1.29, 1.82) is 0 Å². The van der Waals surface area contributed by atoms with Crippen molar-refractivity contribution in [1.82, 2.24) is 9.88 Å². The Balaban J connectivity index is 1.41. The molecular weight excluding hydrogens is 414 g/mol. The van der Waals surface area contributed by atoms with E-state index in [1.54, 1.807) is 0 Å². The van der Waals surface area contributed by atoms with E-state index in [4.69, 9.17) is 14.1 Å². The Bertz CT molecular complexity index is 1290. The second-order valence-electron chi connectivity index (χ2n) is 8.16. The van der Waals surface area contributed by atoms with Crippen molar-refractivity contribution in [2.24, 2.45) is 0 Å². The fourth-order valence-corrected chi connectivity index (χ4v) is 4.37. The zero-order valence-corrected chi connectivity index (χ0v) is 19.0. The number of aryl methyl sites for hydroxylation is 1. The highest BCUT2D eigenvalue weighted by Gasteiger charge is 2.26. The molecule has 0 saturated carbocycles. The third-order valence-corrected chi connectivity index (χ3v) is 6.01. The zero-order chi connectivity index (χ0) is 22.8. The van der Waals surface area contributed by atoms with Gasteiger partial charge in [0.1, 0.15) is 17.2 Å². The zero-order valence-electron chi connectivity index (χ0n) is 19.0. The number of rotatable bonds is 5. The molecule has 6 heteroatoms. The highest BCUT2D eigenvalue weighted by Crippen LogP contribution is 2.30. The number of benzene rings is 2. The third kappa shape index (κ3) is 4.16. The Hall–Kier alpha value is -3.80. The normalized spacial score (nSPS) is 14.0. The van der Waals surface area contributed by atoms with Crippen LogP contribution in [0.25, 0.3) is 22.4 Å². The average Bonchev–Trinajstić information content (AvgIpc) is 3.30. The number of hydrogen-bond acceptors (Lipinski definition) is 5. The number of amides is 1. The maximum Gasteiger partial charge on any atom is 0.254 e. The molecule has 168 valence electrons. The van der Waals surface area contributed by atoms with Crippen LogP contribution in [0.1, 0.15) is 23.0 Å². The first-order valence-corrected chi connectivity index (χ1v) is 11.4. The van der Waals surface area contributed by atoms with Crippen LogP contribution >= 0.6 is 0 Å². The molecule has 0 N–H and O–H groups in total. The molecule has 2 aromatic carbocycles. The first-order chi connectivity index (χ1) is 16.1. The van der Waals surface area contributed by atoms with Crippen LogP contribution in [0.3, 0.4) is 0 Å². The molecule has 1 saturated heterocycles. The quantitative estimate of drug-likeness (QED) is 0.428. The number of furan rings is 1. The van der Waals surface area contributed by atoms with E-state index >= 15 is 0 Å². The monoisotopic (exact) mass is 441 g/mol. The Morgan fingerprint density at radius 3 is 2.52 bits per heavy atom. The minimum atomic E-state index is 0.0240. The third-order valence-electron chi connectivity index (χ3n) is 6.01. The largest absolute Gasteiger partial charge is 0.492 e. The van der Waals surface area contributed by atoms with Gasteiger partial charge in [0.2, 0.25) is 0 Å². The van der Waals surface area contributed by atoms with Crippen LogP contribution < -0.4 is 9.64 Å². The minimum absolute atomic E-state index is 0.0240. The van der Waals surface area contributed by atoms with Crippen LogP contribution in [0, 0.1) is 6.92 Å². The maximum absolute atomic E-state index is 13.6. The number of ether oxygens (including phenoxy) is 1. The van der Waals surface area contributed by atoms with Gasteiger partial charge in [0.15, 0.2) is 5.76 Å². The molecule has 4 aromatic rings. The summed E-state index contributed by atoms with van der Waals surface area (Å²) in [7, 11) is 0. The number of piperazine rings is 1. The van der Waals surface area contributed by atoms with Crippen molar-refractivity contribution >= 4 is 22.5 Å². The molecule has 0 spiro atoms. The Morgan fingerprint density at radius 2 is 1.76 bits per heavy atom. The highest BCUT2D eigenvalue weighted by molar-refractivity contribution is 6.07. The fourth-order valence-electron chi connectivity index (χ4n) is 4.37. The standard InChI is InChI=1S/C27H27N3O3/c1-3-32-26-11-7-6-10-24(26)29-14-16-30(17-15-29)27(31)21-18-23(25-13-12-19(2)33-25)28-22-9-5-4-8-20(21)22/h4-13,18H,3,14-17H2,1-2H3. The predicted molar refractivity (Wildman–Crippen MR) is 130 cm³/mol. The van der Waals surface area contributed by atoms with Gasteiger partial charge in [-0.3, -0.25) is 4.79 Å². The van der Waals surface area contributed by atoms with Crippen LogP contribution in [-0.4, -0.2) is 48.6 Å². The van der Waals surface area contributed by atoms with Crippen molar-refractivity contribution < 1.29 is 13.9 Å². The van der Waals surface area contributed by atoms with E-state index in [1.165, 1.54) is 0 Å². The van der Waals surface area contributed by atoms with E-state index in [-0.39, 0.29) is 5.91 Å². The summed E-state index contributed by atoms with van der Waals surface area (Å²) in [5.74, 6) is 2.40. The number of anilines is 1. The number of para-hydroxylation sites is 3. The molecule has 0 aliphatic carbocycles. The van der Waals surface area contributed by atoms with Crippen LogP contribution in [0.2, 0.25) is 0 Å². The minimum Gasteiger partial charge on any atom is -0.492 e. The fraction of sp³-hybridized carbons (Fsp3) is 0.259. The number of aromatic nitrogens is 1. The average molecular weight is 442 g/mol. The van der Waals surface area contributed by atoms with Gasteiger partial charge in [-0.25, -0.2) is 4.98 Å². The Labute approximate surface area is 193 Å². The number of fused-ring (bicyclic) bond motifs is 1. The van der Waals surface area contributed by atoms with Gasteiger partial charge in [-0.2, -0.15) is 0 Å². The molecule has 1 aliphatic rings. The summed E-state index contributed by atoms with van der Waals surface area (Å²) in [5.41, 5.74) is 3.20. The summed E-state index contributed by atoms with van der Waals surface area (Å²) in [6.07, 6.45) is 0. The molecule has 3 heterocycles. The summed E-state index contributed by atoms with van der Waals surface area (Å²) in [6.45, 7) is 7.31. The molecule has 0 unspecified atom stereocenters. The Kier molecular flexibility index (Phi) is 5.73. The summed E-state index contributed by atoms with van der Waals surface area (Å²) < 4.78 is 11.6. The molecule has 0 radical (unpaired) electrons. The topological polar surface area (TPSA) is 58.8 Å². The van der Waals surface area contributed by atoms with Crippen LogP contribution in [0.4, 0.5) is 5.69 Å². The van der Waals surface area contributed by atoms with E-state index in [0.29, 0.717) is 36.7 Å². The smallest absolute Gasteiger partial charge is 0.254 e. The van der Waals surface area contributed by atoms with Crippen molar-refractivity contribution in [3.63, 3.8) is 0 Å². The van der Waals surface area contributed by atoms with Crippen LogP contribution in [-0.2, 0) is 0 Å². The van der Waals surface area contributed by atoms with E-state index in [9.17, 15) is 4.79 Å². The van der Waals surface area contributed by atoms with E-state index < -0.39 is 0 Å². The summed E-state index contributed by atoms with van der Waals surface area (Å²) >= 11 is 0. The molecule has 0 atom stereocenters. The number of hydrogen-bond donors (Lipinski definition) is 0. The molecule has 5 rings (SSSR count). The van der Waals surface area contributed by atoms with Gasteiger partial charge < -0.3 is 19.0 Å². The molecule has 1 aliphatic heterocycles. The predicted octanol–water partition coefficient (Wildman–Crippen LogP) is 5.16. The number of carbonyl (C=O) groups is 1. The first-order valence-electron chi connectivity index (χ1n) is 11.4. The molecule has 1 amide bonds. The van der Waals surface area contributed by atoms with Crippen molar-refractivity contribution in [3.8, 4) is 17.2 Å². The Morgan fingerprint density at radius 1 is 1.00 bits per heavy atom. The SMILES string of the molecule is CCOc1ccccc1N1CCN(C(=O)c2cc(-c3ccc(C)o3)nc3ccccc23)CC1. The molecular formula is C27H27N3O3. The van der Waals surface area contributed by atoms with Crippen molar-refractivity contribution in [3.05, 3.63) is 78.1 Å². The van der Waals surface area contributed by atoms with Crippen molar-refractivity contribution in [2.45, 2.75) is 13.8 Å². The van der Waals surface area contributed by atoms with Crippen LogP contribution in [0.5, 0.6) is 5.75 Å². The highest BCUT2D eigenvalue weighted by atomic mass is 16.5. The summed E-state index contributed by atoms with van der Waals surface area (Å²) in [6, 6.07) is 21.5. The molecule has 33 heavy (non-hydrogen) atoms. The second-order valence-corrected chi connectivity index (χ2v) is 8.16. The van der Waals surface area contributed by atoms with E-state index in [0.717, 1.165) is 41.2 Å². The molecule has 0 bridgehead atoms. The summed E-state index contributed by atoms with van der Waals surface area (Å²) in [5, 5.41) is 0.860.